The summed E-state index contributed by atoms with van der Waals surface area (Å²) in [6.45, 7) is 6.15. The zero-order valence-corrected chi connectivity index (χ0v) is 13.3. The molecule has 3 nitrogen and oxygen atoms in total. The Morgan fingerprint density at radius 2 is 2.00 bits per heavy atom. The first-order valence-electron chi connectivity index (χ1n) is 6.97. The summed E-state index contributed by atoms with van der Waals surface area (Å²) < 4.78 is 0. The molecule has 1 aromatic rings. The lowest BCUT2D eigenvalue weighted by Gasteiger charge is -2.34. The quantitative estimate of drug-likeness (QED) is 0.912. The van der Waals surface area contributed by atoms with Gasteiger partial charge in [-0.1, -0.05) is 30.1 Å². The zero-order chi connectivity index (χ0) is 14.7. The van der Waals surface area contributed by atoms with Crippen LogP contribution in [0.2, 0.25) is 10.0 Å². The van der Waals surface area contributed by atoms with Crippen LogP contribution in [0.5, 0.6) is 0 Å². The number of nitrogens with zero attached hydrogens (tertiary/aromatic N) is 1. The molecule has 1 saturated heterocycles. The summed E-state index contributed by atoms with van der Waals surface area (Å²) in [5, 5.41) is 3.90. The minimum absolute atomic E-state index is 0.0243. The van der Waals surface area contributed by atoms with Crippen molar-refractivity contribution in [3.63, 3.8) is 0 Å². The largest absolute Gasteiger partial charge is 0.323 e. The van der Waals surface area contributed by atoms with E-state index in [4.69, 9.17) is 23.2 Å². The number of hydrogen-bond acceptors (Lipinski definition) is 2. The summed E-state index contributed by atoms with van der Waals surface area (Å²) >= 11 is 11.9. The third-order valence-electron chi connectivity index (χ3n) is 3.93. The molecule has 1 aliphatic rings. The minimum atomic E-state index is -0.144. The number of rotatable bonds is 3. The zero-order valence-electron chi connectivity index (χ0n) is 11.8. The van der Waals surface area contributed by atoms with Crippen LogP contribution < -0.4 is 5.32 Å². The molecule has 0 spiro atoms. The van der Waals surface area contributed by atoms with E-state index in [1.165, 1.54) is 0 Å². The Balaban J connectivity index is 1.97. The van der Waals surface area contributed by atoms with Crippen LogP contribution in [-0.4, -0.2) is 29.9 Å². The first-order chi connectivity index (χ1) is 9.47. The van der Waals surface area contributed by atoms with Gasteiger partial charge in [0, 0.05) is 5.02 Å². The van der Waals surface area contributed by atoms with Gasteiger partial charge < -0.3 is 5.32 Å². The predicted octanol–water partition coefficient (Wildman–Crippen LogP) is 4.05. The van der Waals surface area contributed by atoms with Crippen LogP contribution in [0.1, 0.15) is 26.7 Å². The molecular weight excluding hydrogens is 295 g/mol. The molecule has 1 N–H and O–H groups in total. The van der Waals surface area contributed by atoms with Crippen LogP contribution in [0.3, 0.4) is 0 Å². The maximum absolute atomic E-state index is 12.3. The number of nitrogens with one attached hydrogen (secondary N) is 1. The van der Waals surface area contributed by atoms with Crippen molar-refractivity contribution >= 4 is 34.8 Å². The van der Waals surface area contributed by atoms with E-state index >= 15 is 0 Å². The van der Waals surface area contributed by atoms with Crippen molar-refractivity contribution in [1.82, 2.24) is 4.90 Å². The molecule has 20 heavy (non-hydrogen) atoms. The van der Waals surface area contributed by atoms with Crippen LogP contribution >= 0.6 is 23.2 Å². The van der Waals surface area contributed by atoms with Crippen molar-refractivity contribution in [3.8, 4) is 0 Å². The number of halogens is 2. The Morgan fingerprint density at radius 1 is 1.35 bits per heavy atom. The van der Waals surface area contributed by atoms with Crippen LogP contribution in [0.15, 0.2) is 18.2 Å². The molecule has 0 bridgehead atoms. The smallest absolute Gasteiger partial charge is 0.241 e. The highest BCUT2D eigenvalue weighted by molar-refractivity contribution is 6.36. The predicted molar refractivity (Wildman–Crippen MR) is 84.5 cm³/mol. The van der Waals surface area contributed by atoms with Gasteiger partial charge in [-0.15, -0.1) is 0 Å². The molecular formula is C15H20Cl2N2O. The Bertz CT molecular complexity index is 485. The molecule has 0 aliphatic carbocycles. The first-order valence-corrected chi connectivity index (χ1v) is 7.73. The fraction of sp³-hybridized carbons (Fsp3) is 0.533. The summed E-state index contributed by atoms with van der Waals surface area (Å²) in [5.41, 5.74) is 0.610. The summed E-state index contributed by atoms with van der Waals surface area (Å²) in [7, 11) is 0. The van der Waals surface area contributed by atoms with Crippen molar-refractivity contribution < 1.29 is 4.79 Å². The molecule has 0 radical (unpaired) electrons. The molecule has 2 rings (SSSR count). The van der Waals surface area contributed by atoms with Gasteiger partial charge in [-0.2, -0.15) is 0 Å². The number of carbonyl (C=O) groups excluding carboxylic acids is 1. The molecule has 1 amide bonds. The molecule has 1 aliphatic heterocycles. The lowest BCUT2D eigenvalue weighted by Crippen LogP contribution is -2.45. The van der Waals surface area contributed by atoms with E-state index in [9.17, 15) is 4.79 Å². The average molecular weight is 315 g/mol. The van der Waals surface area contributed by atoms with Gasteiger partial charge in [-0.3, -0.25) is 9.69 Å². The van der Waals surface area contributed by atoms with Gasteiger partial charge in [0.2, 0.25) is 5.91 Å². The Kier molecular flexibility index (Phi) is 5.30. The van der Waals surface area contributed by atoms with Crippen LogP contribution in [0.25, 0.3) is 0 Å². The Hall–Kier alpha value is -0.770. The number of anilines is 1. The molecule has 1 aromatic carbocycles. The lowest BCUT2D eigenvalue weighted by molar-refractivity contribution is -0.121. The molecule has 5 heteroatoms. The second-order valence-electron chi connectivity index (χ2n) is 5.51. The number of piperidine rings is 1. The third kappa shape index (κ3) is 3.87. The third-order valence-corrected chi connectivity index (χ3v) is 4.48. The van der Waals surface area contributed by atoms with Crippen molar-refractivity contribution in [2.75, 3.05) is 18.4 Å². The highest BCUT2D eigenvalue weighted by Gasteiger charge is 2.25. The van der Waals surface area contributed by atoms with Crippen molar-refractivity contribution in [2.45, 2.75) is 32.7 Å². The van der Waals surface area contributed by atoms with Crippen LogP contribution in [-0.2, 0) is 4.79 Å². The normalized spacial score (nSPS) is 18.8. The van der Waals surface area contributed by atoms with E-state index in [1.54, 1.807) is 18.2 Å². The monoisotopic (exact) mass is 314 g/mol. The molecule has 110 valence electrons. The Labute approximate surface area is 130 Å². The average Bonchev–Trinajstić information content (AvgIpc) is 2.42. The summed E-state index contributed by atoms with van der Waals surface area (Å²) in [6.07, 6.45) is 2.30. The SMILES string of the molecule is CC1CCN([C@@H](C)C(=O)Nc2ccc(Cl)cc2Cl)CC1. The number of amides is 1. The fourth-order valence-electron chi connectivity index (χ4n) is 2.41. The van der Waals surface area contributed by atoms with Gasteiger partial charge in [-0.05, 0) is 57.0 Å². The van der Waals surface area contributed by atoms with Gasteiger partial charge in [0.1, 0.15) is 0 Å². The highest BCUT2D eigenvalue weighted by atomic mass is 35.5. The van der Waals surface area contributed by atoms with E-state index in [0.717, 1.165) is 31.8 Å². The van der Waals surface area contributed by atoms with Gasteiger partial charge in [0.05, 0.1) is 16.8 Å². The van der Waals surface area contributed by atoms with E-state index in [0.29, 0.717) is 15.7 Å². The number of likely N-dealkylation sites (tertiary alicyclic amines) is 1. The highest BCUT2D eigenvalue weighted by Crippen LogP contribution is 2.26. The molecule has 1 fully saturated rings. The number of benzene rings is 1. The lowest BCUT2D eigenvalue weighted by atomic mass is 9.98. The molecule has 1 atom stereocenters. The Morgan fingerprint density at radius 3 is 2.60 bits per heavy atom. The molecule has 1 heterocycles. The summed E-state index contributed by atoms with van der Waals surface area (Å²) in [4.78, 5) is 14.5. The maximum Gasteiger partial charge on any atom is 0.241 e. The van der Waals surface area contributed by atoms with Crippen molar-refractivity contribution in [1.29, 1.82) is 0 Å². The van der Waals surface area contributed by atoms with E-state index < -0.39 is 0 Å². The van der Waals surface area contributed by atoms with E-state index in [-0.39, 0.29) is 11.9 Å². The first kappa shape index (κ1) is 15.6. The van der Waals surface area contributed by atoms with Crippen LogP contribution in [0.4, 0.5) is 5.69 Å². The van der Waals surface area contributed by atoms with Crippen LogP contribution in [0, 0.1) is 5.92 Å². The second kappa shape index (κ2) is 6.79. The summed E-state index contributed by atoms with van der Waals surface area (Å²) in [5.74, 6) is 0.732. The topological polar surface area (TPSA) is 32.3 Å². The van der Waals surface area contributed by atoms with Gasteiger partial charge in [0.25, 0.3) is 0 Å². The maximum atomic E-state index is 12.3. The van der Waals surface area contributed by atoms with E-state index in [1.807, 2.05) is 6.92 Å². The molecule has 0 saturated carbocycles. The number of hydrogen-bond donors (Lipinski definition) is 1. The van der Waals surface area contributed by atoms with Crippen molar-refractivity contribution in [2.24, 2.45) is 5.92 Å². The van der Waals surface area contributed by atoms with Crippen molar-refractivity contribution in [3.05, 3.63) is 28.2 Å². The van der Waals surface area contributed by atoms with Gasteiger partial charge >= 0.3 is 0 Å². The second-order valence-corrected chi connectivity index (χ2v) is 6.35. The van der Waals surface area contributed by atoms with Gasteiger partial charge in [-0.25, -0.2) is 0 Å². The van der Waals surface area contributed by atoms with E-state index in [2.05, 4.69) is 17.1 Å². The van der Waals surface area contributed by atoms with Gasteiger partial charge in [0.15, 0.2) is 0 Å². The number of carbonyl (C=O) groups is 1. The molecule has 0 aromatic heterocycles. The minimum Gasteiger partial charge on any atom is -0.323 e. The standard InChI is InChI=1S/C15H20Cl2N2O/c1-10-5-7-19(8-6-10)11(2)15(20)18-14-4-3-12(16)9-13(14)17/h3-4,9-11H,5-8H2,1-2H3,(H,18,20)/t11-/m0/s1. The summed E-state index contributed by atoms with van der Waals surface area (Å²) in [6, 6.07) is 4.93. The fourth-order valence-corrected chi connectivity index (χ4v) is 2.87. The molecule has 0 unspecified atom stereocenters.